The van der Waals surface area contributed by atoms with Crippen molar-refractivity contribution in [2.45, 2.75) is 25.3 Å². The van der Waals surface area contributed by atoms with Gasteiger partial charge >= 0.3 is 0 Å². The summed E-state index contributed by atoms with van der Waals surface area (Å²) in [6.07, 6.45) is 2.87. The lowest BCUT2D eigenvalue weighted by atomic mass is 10.1. The predicted molar refractivity (Wildman–Crippen MR) is 45.7 cm³/mol. The second-order valence-electron chi connectivity index (χ2n) is 2.52. The van der Waals surface area contributed by atoms with E-state index >= 15 is 0 Å². The summed E-state index contributed by atoms with van der Waals surface area (Å²) in [5.41, 5.74) is 0. The third-order valence-electron chi connectivity index (χ3n) is 1.71. The molecule has 1 heterocycles. The van der Waals surface area contributed by atoms with Crippen molar-refractivity contribution >= 4 is 23.3 Å². The second kappa shape index (κ2) is 4.21. The van der Waals surface area contributed by atoms with E-state index in [1.807, 2.05) is 0 Å². The Balaban J connectivity index is 2.59. The van der Waals surface area contributed by atoms with E-state index in [1.165, 1.54) is 0 Å². The van der Waals surface area contributed by atoms with Crippen molar-refractivity contribution in [3.05, 3.63) is 0 Å². The van der Waals surface area contributed by atoms with Crippen molar-refractivity contribution in [1.29, 1.82) is 0 Å². The van der Waals surface area contributed by atoms with E-state index in [0.29, 0.717) is 0 Å². The summed E-state index contributed by atoms with van der Waals surface area (Å²) in [5, 5.41) is 5.00. The van der Waals surface area contributed by atoms with Gasteiger partial charge in [-0.05, 0) is 31.5 Å². The summed E-state index contributed by atoms with van der Waals surface area (Å²) < 4.78 is 0. The molecule has 0 aromatic carbocycles. The Kier molecular flexibility index (Phi) is 3.20. The number of isothiocyanates is 1. The molecule has 60 valence electrons. The summed E-state index contributed by atoms with van der Waals surface area (Å²) in [6, 6.07) is -0.282. The lowest BCUT2D eigenvalue weighted by molar-refractivity contribution is -0.121. The number of hydrogen-bond acceptors (Lipinski definition) is 3. The summed E-state index contributed by atoms with van der Waals surface area (Å²) in [7, 11) is 0. The zero-order valence-electron chi connectivity index (χ0n) is 6.17. The van der Waals surface area contributed by atoms with Crippen LogP contribution in [0, 0.1) is 0 Å². The highest BCUT2D eigenvalue weighted by atomic mass is 32.1. The fourth-order valence-corrected chi connectivity index (χ4v) is 1.24. The predicted octanol–water partition coefficient (Wildman–Crippen LogP) is 0.758. The molecule has 1 aliphatic rings. The minimum Gasteiger partial charge on any atom is -0.354 e. The van der Waals surface area contributed by atoms with Crippen LogP contribution < -0.4 is 5.32 Å². The summed E-state index contributed by atoms with van der Waals surface area (Å²) in [4.78, 5) is 14.9. The lowest BCUT2D eigenvalue weighted by Gasteiger charge is -2.03. The fraction of sp³-hybridized carbons (Fsp3) is 0.714. The Labute approximate surface area is 70.9 Å². The third-order valence-corrected chi connectivity index (χ3v) is 1.82. The Morgan fingerprint density at radius 3 is 3.18 bits per heavy atom. The van der Waals surface area contributed by atoms with Crippen LogP contribution >= 0.6 is 12.2 Å². The normalized spacial score (nSPS) is 24.7. The molecule has 3 nitrogen and oxygen atoms in total. The molecule has 1 rings (SSSR count). The average molecular weight is 170 g/mol. The molecule has 1 atom stereocenters. The van der Waals surface area contributed by atoms with E-state index in [2.05, 4.69) is 27.7 Å². The standard InChI is InChI=1S/C7H10N2OS/c10-7-6(9-5-11)3-1-2-4-8-7/h6H,1-4H2,(H,8,10). The van der Waals surface area contributed by atoms with E-state index in [9.17, 15) is 4.79 Å². The van der Waals surface area contributed by atoms with Crippen LogP contribution in [-0.2, 0) is 4.79 Å². The van der Waals surface area contributed by atoms with Crippen LogP contribution in [0.2, 0.25) is 0 Å². The quantitative estimate of drug-likeness (QED) is 0.466. The third kappa shape index (κ3) is 2.41. The maximum absolute atomic E-state index is 11.1. The highest BCUT2D eigenvalue weighted by molar-refractivity contribution is 7.78. The Morgan fingerprint density at radius 1 is 1.64 bits per heavy atom. The number of carbonyl (C=O) groups excluding carboxylic acids is 1. The number of nitrogens with zero attached hydrogens (tertiary/aromatic N) is 1. The topological polar surface area (TPSA) is 41.5 Å². The number of aliphatic imine (C=N–C) groups is 1. The molecule has 1 amide bonds. The smallest absolute Gasteiger partial charge is 0.245 e. The number of hydrogen-bond donors (Lipinski definition) is 1. The van der Waals surface area contributed by atoms with Gasteiger partial charge in [0.25, 0.3) is 0 Å². The van der Waals surface area contributed by atoms with E-state index in [0.717, 1.165) is 25.8 Å². The highest BCUT2D eigenvalue weighted by Gasteiger charge is 2.18. The average Bonchev–Trinajstić information content (AvgIpc) is 2.18. The van der Waals surface area contributed by atoms with Crippen molar-refractivity contribution < 1.29 is 4.79 Å². The largest absolute Gasteiger partial charge is 0.354 e. The molecule has 0 bridgehead atoms. The molecule has 0 radical (unpaired) electrons. The van der Waals surface area contributed by atoms with Gasteiger partial charge in [0, 0.05) is 6.54 Å². The zero-order valence-corrected chi connectivity index (χ0v) is 6.99. The summed E-state index contributed by atoms with van der Waals surface area (Å²) in [6.45, 7) is 0.766. The second-order valence-corrected chi connectivity index (χ2v) is 2.71. The molecule has 0 aliphatic carbocycles. The van der Waals surface area contributed by atoms with Crippen LogP contribution in [0.25, 0.3) is 0 Å². The van der Waals surface area contributed by atoms with Crippen LogP contribution in [0.3, 0.4) is 0 Å². The first-order valence-electron chi connectivity index (χ1n) is 3.69. The Bertz CT molecular complexity index is 199. The lowest BCUT2D eigenvalue weighted by Crippen LogP contribution is -2.31. The number of carbonyl (C=O) groups is 1. The van der Waals surface area contributed by atoms with Crippen molar-refractivity contribution in [2.75, 3.05) is 6.54 Å². The Morgan fingerprint density at radius 2 is 2.45 bits per heavy atom. The minimum atomic E-state index is -0.282. The number of nitrogens with one attached hydrogen (secondary N) is 1. The Hall–Kier alpha value is -0.730. The number of amides is 1. The summed E-state index contributed by atoms with van der Waals surface area (Å²) >= 11 is 4.43. The number of thiocarbonyl (C=S) groups is 1. The van der Waals surface area contributed by atoms with Gasteiger partial charge in [0.1, 0.15) is 6.04 Å². The van der Waals surface area contributed by atoms with Gasteiger partial charge in [-0.25, -0.2) is 4.99 Å². The SMILES string of the molecule is O=C1NCCCCC1N=C=S. The monoisotopic (exact) mass is 170 g/mol. The van der Waals surface area contributed by atoms with Crippen molar-refractivity contribution in [3.8, 4) is 0 Å². The first-order valence-corrected chi connectivity index (χ1v) is 4.10. The van der Waals surface area contributed by atoms with Crippen LogP contribution in [0.1, 0.15) is 19.3 Å². The molecule has 0 aromatic heterocycles. The molecule has 1 unspecified atom stereocenters. The van der Waals surface area contributed by atoms with Crippen LogP contribution in [0.15, 0.2) is 4.99 Å². The molecule has 1 aliphatic heterocycles. The van der Waals surface area contributed by atoms with Gasteiger partial charge in [-0.1, -0.05) is 0 Å². The van der Waals surface area contributed by atoms with Gasteiger partial charge in [0.15, 0.2) is 0 Å². The summed E-state index contributed by atoms with van der Waals surface area (Å²) in [5.74, 6) is -0.0140. The number of rotatable bonds is 1. The first-order chi connectivity index (χ1) is 5.34. The van der Waals surface area contributed by atoms with Gasteiger partial charge < -0.3 is 5.32 Å². The van der Waals surface area contributed by atoms with E-state index in [1.54, 1.807) is 0 Å². The van der Waals surface area contributed by atoms with Crippen molar-refractivity contribution in [3.63, 3.8) is 0 Å². The van der Waals surface area contributed by atoms with E-state index in [4.69, 9.17) is 0 Å². The zero-order chi connectivity index (χ0) is 8.10. The molecule has 1 saturated heterocycles. The van der Waals surface area contributed by atoms with Crippen molar-refractivity contribution in [2.24, 2.45) is 4.99 Å². The molecule has 0 spiro atoms. The van der Waals surface area contributed by atoms with Gasteiger partial charge in [-0.2, -0.15) is 0 Å². The molecule has 4 heteroatoms. The van der Waals surface area contributed by atoms with E-state index in [-0.39, 0.29) is 11.9 Å². The maximum Gasteiger partial charge on any atom is 0.245 e. The first kappa shape index (κ1) is 8.37. The van der Waals surface area contributed by atoms with Gasteiger partial charge in [-0.3, -0.25) is 4.79 Å². The maximum atomic E-state index is 11.1. The van der Waals surface area contributed by atoms with Gasteiger partial charge in [0.2, 0.25) is 5.91 Å². The molecule has 0 aromatic rings. The molecule has 11 heavy (non-hydrogen) atoms. The minimum absolute atomic E-state index is 0.0140. The van der Waals surface area contributed by atoms with Gasteiger partial charge in [-0.15, -0.1) is 0 Å². The molecular weight excluding hydrogens is 160 g/mol. The van der Waals surface area contributed by atoms with Crippen LogP contribution in [0.5, 0.6) is 0 Å². The molecule has 0 saturated carbocycles. The highest BCUT2D eigenvalue weighted by Crippen LogP contribution is 2.07. The van der Waals surface area contributed by atoms with E-state index < -0.39 is 0 Å². The van der Waals surface area contributed by atoms with Gasteiger partial charge in [0.05, 0.1) is 5.16 Å². The molecule has 1 N–H and O–H groups in total. The molecule has 1 fully saturated rings. The fourth-order valence-electron chi connectivity index (χ4n) is 1.11. The van der Waals surface area contributed by atoms with Crippen molar-refractivity contribution in [1.82, 2.24) is 5.32 Å². The molecular formula is C7H10N2OS. The van der Waals surface area contributed by atoms with Crippen LogP contribution in [-0.4, -0.2) is 23.7 Å². The van der Waals surface area contributed by atoms with Crippen LogP contribution in [0.4, 0.5) is 0 Å².